The van der Waals surface area contributed by atoms with Crippen molar-refractivity contribution in [1.82, 2.24) is 4.72 Å². The fraction of sp³-hybridized carbons (Fsp3) is 0.455. The lowest BCUT2D eigenvalue weighted by Gasteiger charge is -2.22. The second-order valence-electron chi connectivity index (χ2n) is 3.97. The molecule has 0 fully saturated rings. The molecule has 0 heterocycles. The molecule has 0 aromatic heterocycles. The smallest absolute Gasteiger partial charge is 0.232 e. The van der Waals surface area contributed by atoms with Crippen LogP contribution in [0.3, 0.4) is 0 Å². The molecule has 8 heteroatoms. The minimum absolute atomic E-state index is 0.0305. The minimum Gasteiger partial charge on any atom is -0.269 e. The molecule has 0 bridgehead atoms. The van der Waals surface area contributed by atoms with Crippen LogP contribution in [0.1, 0.15) is 6.92 Å². The lowest BCUT2D eigenvalue weighted by molar-refractivity contribution is 0.579. The third-order valence-corrected chi connectivity index (χ3v) is 5.06. The Morgan fingerprint density at radius 2 is 1.68 bits per heavy atom. The van der Waals surface area contributed by atoms with Gasteiger partial charge >= 0.3 is 0 Å². The molecule has 0 aliphatic rings. The Labute approximate surface area is 114 Å². The maximum absolute atomic E-state index is 11.7. The molecule has 19 heavy (non-hydrogen) atoms. The van der Waals surface area contributed by atoms with Crippen LogP contribution in [-0.4, -0.2) is 41.9 Å². The number of rotatable bonds is 7. The molecule has 0 atom stereocenters. The van der Waals surface area contributed by atoms with Gasteiger partial charge in [0, 0.05) is 13.1 Å². The van der Waals surface area contributed by atoms with Crippen LogP contribution in [0, 0.1) is 0 Å². The fourth-order valence-corrected chi connectivity index (χ4v) is 3.02. The van der Waals surface area contributed by atoms with E-state index in [2.05, 4.69) is 4.72 Å². The third kappa shape index (κ3) is 5.17. The second kappa shape index (κ2) is 6.36. The molecule has 1 aromatic carbocycles. The average molecular weight is 306 g/mol. The van der Waals surface area contributed by atoms with Crippen molar-refractivity contribution in [3.63, 3.8) is 0 Å². The van der Waals surface area contributed by atoms with Gasteiger partial charge in [0.15, 0.2) is 0 Å². The summed E-state index contributed by atoms with van der Waals surface area (Å²) in [4.78, 5) is 0. The zero-order valence-corrected chi connectivity index (χ0v) is 12.5. The van der Waals surface area contributed by atoms with E-state index in [0.717, 1.165) is 6.26 Å². The van der Waals surface area contributed by atoms with Crippen molar-refractivity contribution in [3.8, 4) is 0 Å². The fourth-order valence-electron chi connectivity index (χ4n) is 1.49. The highest BCUT2D eigenvalue weighted by molar-refractivity contribution is 7.92. The van der Waals surface area contributed by atoms with Crippen molar-refractivity contribution in [1.29, 1.82) is 0 Å². The van der Waals surface area contributed by atoms with Crippen LogP contribution in [-0.2, 0) is 20.0 Å². The van der Waals surface area contributed by atoms with Crippen LogP contribution in [0.4, 0.5) is 5.69 Å². The quantitative estimate of drug-likeness (QED) is 0.790. The topological polar surface area (TPSA) is 83.6 Å². The van der Waals surface area contributed by atoms with Crippen molar-refractivity contribution < 1.29 is 16.8 Å². The summed E-state index contributed by atoms with van der Waals surface area (Å²) in [5.41, 5.74) is 0.515. The van der Waals surface area contributed by atoms with E-state index in [9.17, 15) is 16.8 Å². The number of para-hydroxylation sites is 1. The van der Waals surface area contributed by atoms with Gasteiger partial charge in [-0.05, 0) is 19.1 Å². The van der Waals surface area contributed by atoms with Crippen molar-refractivity contribution in [3.05, 3.63) is 30.3 Å². The zero-order chi connectivity index (χ0) is 14.5. The maximum atomic E-state index is 11.7. The Hall–Kier alpha value is -1.12. The molecule has 0 amide bonds. The molecule has 0 saturated heterocycles. The summed E-state index contributed by atoms with van der Waals surface area (Å²) in [7, 11) is -6.76. The molecule has 1 N–H and O–H groups in total. The van der Waals surface area contributed by atoms with Gasteiger partial charge in [-0.1, -0.05) is 18.2 Å². The Kier molecular flexibility index (Phi) is 5.33. The van der Waals surface area contributed by atoms with Crippen LogP contribution in [0.15, 0.2) is 30.3 Å². The maximum Gasteiger partial charge on any atom is 0.232 e. The summed E-state index contributed by atoms with van der Waals surface area (Å²) < 4.78 is 49.5. The number of sulfonamides is 2. The molecule has 0 spiro atoms. The molecule has 1 aromatic rings. The van der Waals surface area contributed by atoms with E-state index < -0.39 is 20.0 Å². The lowest BCUT2D eigenvalue weighted by atomic mass is 10.3. The first-order chi connectivity index (χ1) is 8.76. The summed E-state index contributed by atoms with van der Waals surface area (Å²) >= 11 is 0. The molecule has 108 valence electrons. The van der Waals surface area contributed by atoms with Gasteiger partial charge in [-0.3, -0.25) is 4.31 Å². The summed E-state index contributed by atoms with van der Waals surface area (Å²) in [5, 5.41) is 0. The molecule has 0 aliphatic heterocycles. The summed E-state index contributed by atoms with van der Waals surface area (Å²) in [6.45, 7) is 1.62. The minimum atomic E-state index is -3.44. The van der Waals surface area contributed by atoms with E-state index in [1.807, 2.05) is 0 Å². The van der Waals surface area contributed by atoms with E-state index in [1.165, 1.54) is 11.2 Å². The highest BCUT2D eigenvalue weighted by Gasteiger charge is 2.17. The molecule has 0 radical (unpaired) electrons. The Morgan fingerprint density at radius 1 is 1.11 bits per heavy atom. The molecule has 0 unspecified atom stereocenters. The van der Waals surface area contributed by atoms with E-state index >= 15 is 0 Å². The first-order valence-electron chi connectivity index (χ1n) is 5.76. The number of hydrogen-bond acceptors (Lipinski definition) is 4. The third-order valence-electron chi connectivity index (χ3n) is 2.46. The van der Waals surface area contributed by atoms with Gasteiger partial charge in [0.2, 0.25) is 20.0 Å². The van der Waals surface area contributed by atoms with Gasteiger partial charge < -0.3 is 0 Å². The van der Waals surface area contributed by atoms with Crippen LogP contribution >= 0.6 is 0 Å². The van der Waals surface area contributed by atoms with Crippen LogP contribution in [0.2, 0.25) is 0 Å². The van der Waals surface area contributed by atoms with Gasteiger partial charge in [-0.2, -0.15) is 0 Å². The van der Waals surface area contributed by atoms with Gasteiger partial charge in [-0.15, -0.1) is 0 Å². The Balaban J connectivity index is 2.80. The normalized spacial score (nSPS) is 12.3. The molecule has 6 nitrogen and oxygen atoms in total. The van der Waals surface area contributed by atoms with Crippen molar-refractivity contribution >= 4 is 25.7 Å². The summed E-state index contributed by atoms with van der Waals surface area (Å²) in [6.07, 6.45) is 1.09. The summed E-state index contributed by atoms with van der Waals surface area (Å²) in [5.74, 6) is -0.0305. The number of nitrogens with one attached hydrogen (secondary N) is 1. The molecular weight excluding hydrogens is 288 g/mol. The van der Waals surface area contributed by atoms with Gasteiger partial charge in [0.1, 0.15) is 0 Å². The van der Waals surface area contributed by atoms with Crippen molar-refractivity contribution in [2.75, 3.05) is 29.4 Å². The Bertz CT molecular complexity index is 597. The second-order valence-corrected chi connectivity index (χ2v) is 7.97. The highest BCUT2D eigenvalue weighted by atomic mass is 32.2. The number of benzene rings is 1. The van der Waals surface area contributed by atoms with Crippen molar-refractivity contribution in [2.24, 2.45) is 0 Å². The van der Waals surface area contributed by atoms with Gasteiger partial charge in [0.25, 0.3) is 0 Å². The standard InChI is InChI=1S/C11H18N2O4S2/c1-3-19(16,17)12-9-10-13(18(2,14)15)11-7-5-4-6-8-11/h4-8,12H,3,9-10H2,1-2H3. The molecule has 1 rings (SSSR count). The largest absolute Gasteiger partial charge is 0.269 e. The number of anilines is 1. The molecule has 0 saturated carbocycles. The molecular formula is C11H18N2O4S2. The SMILES string of the molecule is CCS(=O)(=O)NCCN(c1ccccc1)S(C)(=O)=O. The molecule has 0 aliphatic carbocycles. The monoisotopic (exact) mass is 306 g/mol. The van der Waals surface area contributed by atoms with Crippen LogP contribution in [0.25, 0.3) is 0 Å². The number of hydrogen-bond donors (Lipinski definition) is 1. The average Bonchev–Trinajstić information content (AvgIpc) is 2.34. The number of nitrogens with zero attached hydrogens (tertiary/aromatic N) is 1. The van der Waals surface area contributed by atoms with Crippen molar-refractivity contribution in [2.45, 2.75) is 6.92 Å². The first-order valence-corrected chi connectivity index (χ1v) is 9.26. The van der Waals surface area contributed by atoms with Gasteiger partial charge in [0.05, 0.1) is 17.7 Å². The van der Waals surface area contributed by atoms with Crippen LogP contribution < -0.4 is 9.03 Å². The highest BCUT2D eigenvalue weighted by Crippen LogP contribution is 2.15. The first kappa shape index (κ1) is 15.9. The van der Waals surface area contributed by atoms with E-state index in [-0.39, 0.29) is 18.8 Å². The lowest BCUT2D eigenvalue weighted by Crippen LogP contribution is -2.38. The Morgan fingerprint density at radius 3 is 2.16 bits per heavy atom. The predicted molar refractivity (Wildman–Crippen MR) is 76.1 cm³/mol. The van der Waals surface area contributed by atoms with Crippen LogP contribution in [0.5, 0.6) is 0 Å². The van der Waals surface area contributed by atoms with E-state index in [0.29, 0.717) is 5.69 Å². The van der Waals surface area contributed by atoms with Gasteiger partial charge in [-0.25, -0.2) is 21.6 Å². The zero-order valence-electron chi connectivity index (χ0n) is 10.9. The van der Waals surface area contributed by atoms with E-state index in [1.54, 1.807) is 30.3 Å². The summed E-state index contributed by atoms with van der Waals surface area (Å²) in [6, 6.07) is 8.56. The van der Waals surface area contributed by atoms with E-state index in [4.69, 9.17) is 0 Å². The predicted octanol–water partition coefficient (Wildman–Crippen LogP) is 0.392.